The van der Waals surface area contributed by atoms with E-state index in [1.807, 2.05) is 0 Å². The highest BCUT2D eigenvalue weighted by Gasteiger charge is 2.26. The maximum absolute atomic E-state index is 14.0. The number of nitrogens with zero attached hydrogens (tertiary/aromatic N) is 4. The van der Waals surface area contributed by atoms with Gasteiger partial charge in [0.15, 0.2) is 11.6 Å². The molecule has 1 N–H and O–H groups in total. The van der Waals surface area contributed by atoms with Gasteiger partial charge in [0.25, 0.3) is 12.3 Å². The van der Waals surface area contributed by atoms with Gasteiger partial charge in [-0.3, -0.25) is 9.48 Å². The zero-order chi connectivity index (χ0) is 20.6. The summed E-state index contributed by atoms with van der Waals surface area (Å²) >= 11 is 0. The summed E-state index contributed by atoms with van der Waals surface area (Å²) in [6.45, 7) is 0. The second kappa shape index (κ2) is 7.29. The number of carbonyl (C=O) groups is 1. The van der Waals surface area contributed by atoms with Crippen LogP contribution in [0.4, 0.5) is 27.6 Å². The topological polar surface area (TPSA) is 74.0 Å². The Labute approximate surface area is 154 Å². The van der Waals surface area contributed by atoms with Gasteiger partial charge in [0.05, 0.1) is 18.9 Å². The zero-order valence-electron chi connectivity index (χ0n) is 14.4. The number of amides is 1. The number of ether oxygens (including phenoxy) is 1. The molecule has 148 valence electrons. The molecule has 3 rings (SSSR count). The van der Waals surface area contributed by atoms with Crippen molar-refractivity contribution in [1.29, 1.82) is 0 Å². The molecular formula is C16H12F5N5O2. The Balaban J connectivity index is 1.99. The molecule has 7 nitrogen and oxygen atoms in total. The van der Waals surface area contributed by atoms with Crippen molar-refractivity contribution in [3.8, 4) is 11.6 Å². The van der Waals surface area contributed by atoms with Gasteiger partial charge < -0.3 is 10.1 Å². The molecule has 1 amide bonds. The predicted molar refractivity (Wildman–Crippen MR) is 86.1 cm³/mol. The number of aryl methyl sites for hydroxylation is 1. The summed E-state index contributed by atoms with van der Waals surface area (Å²) in [6.07, 6.45) is -0.904. The molecule has 28 heavy (non-hydrogen) atoms. The summed E-state index contributed by atoms with van der Waals surface area (Å²) in [4.78, 5) is 12.4. The van der Waals surface area contributed by atoms with Crippen LogP contribution in [0.2, 0.25) is 0 Å². The van der Waals surface area contributed by atoms with E-state index in [0.29, 0.717) is 16.8 Å². The van der Waals surface area contributed by atoms with Crippen LogP contribution in [-0.4, -0.2) is 32.6 Å². The van der Waals surface area contributed by atoms with Gasteiger partial charge in [0, 0.05) is 25.4 Å². The van der Waals surface area contributed by atoms with Crippen LogP contribution in [0, 0.1) is 17.5 Å². The first kappa shape index (κ1) is 19.3. The molecule has 3 aromatic rings. The third kappa shape index (κ3) is 3.40. The molecule has 0 bridgehead atoms. The van der Waals surface area contributed by atoms with Crippen molar-refractivity contribution in [1.82, 2.24) is 19.6 Å². The minimum Gasteiger partial charge on any atom is -0.479 e. The average Bonchev–Trinajstić information content (AvgIpc) is 3.17. The first-order valence-corrected chi connectivity index (χ1v) is 7.63. The third-order valence-corrected chi connectivity index (χ3v) is 3.67. The van der Waals surface area contributed by atoms with Crippen molar-refractivity contribution < 1.29 is 31.5 Å². The van der Waals surface area contributed by atoms with Gasteiger partial charge in [-0.05, 0) is 0 Å². The van der Waals surface area contributed by atoms with Crippen molar-refractivity contribution in [3.05, 3.63) is 53.2 Å². The second-order valence-corrected chi connectivity index (χ2v) is 5.55. The smallest absolute Gasteiger partial charge is 0.282 e. The number of carbonyl (C=O) groups excluding carboxylic acids is 1. The average molecular weight is 401 g/mol. The number of benzene rings is 1. The molecule has 0 unspecified atom stereocenters. The fourth-order valence-corrected chi connectivity index (χ4v) is 2.55. The Kier molecular flexibility index (Phi) is 5.03. The molecule has 2 heterocycles. The summed E-state index contributed by atoms with van der Waals surface area (Å²) < 4.78 is 73.9. The monoisotopic (exact) mass is 401 g/mol. The van der Waals surface area contributed by atoms with E-state index in [9.17, 15) is 26.7 Å². The first-order valence-electron chi connectivity index (χ1n) is 7.63. The van der Waals surface area contributed by atoms with Crippen molar-refractivity contribution in [2.45, 2.75) is 6.43 Å². The van der Waals surface area contributed by atoms with Crippen LogP contribution in [0.15, 0.2) is 24.5 Å². The molecule has 0 aliphatic heterocycles. The standard InChI is InChI=1S/C16H12F5N5O2/c1-25-6-8(12(24-25)14(20)21)15(27)23-11-5-22-26(16(11)28-2)13-9(18)3-7(17)4-10(13)19/h3-6,14H,1-2H3,(H,23,27). The Bertz CT molecular complexity index is 1020. The molecule has 0 aliphatic carbocycles. The van der Waals surface area contributed by atoms with Crippen molar-refractivity contribution in [2.75, 3.05) is 12.4 Å². The van der Waals surface area contributed by atoms with Gasteiger partial charge in [-0.2, -0.15) is 14.9 Å². The summed E-state index contributed by atoms with van der Waals surface area (Å²) in [5, 5.41) is 9.52. The summed E-state index contributed by atoms with van der Waals surface area (Å²) in [6, 6.07) is 0.894. The largest absolute Gasteiger partial charge is 0.479 e. The Hall–Kier alpha value is -3.44. The minimum absolute atomic E-state index is 0.153. The summed E-state index contributed by atoms with van der Waals surface area (Å²) in [5.41, 5.74) is -2.03. The zero-order valence-corrected chi connectivity index (χ0v) is 14.4. The van der Waals surface area contributed by atoms with E-state index in [-0.39, 0.29) is 11.6 Å². The molecular weight excluding hydrogens is 389 g/mol. The molecule has 0 saturated heterocycles. The molecule has 0 spiro atoms. The summed E-state index contributed by atoms with van der Waals surface area (Å²) in [7, 11) is 2.50. The lowest BCUT2D eigenvalue weighted by atomic mass is 10.2. The molecule has 2 aromatic heterocycles. The molecule has 0 saturated carbocycles. The fraction of sp³-hybridized carbons (Fsp3) is 0.188. The minimum atomic E-state index is -2.99. The lowest BCUT2D eigenvalue weighted by Gasteiger charge is -2.10. The first-order chi connectivity index (χ1) is 13.2. The Morgan fingerprint density at radius 3 is 2.43 bits per heavy atom. The van der Waals surface area contributed by atoms with E-state index in [0.717, 1.165) is 24.2 Å². The fourth-order valence-electron chi connectivity index (χ4n) is 2.55. The summed E-state index contributed by atoms with van der Waals surface area (Å²) in [5.74, 6) is -4.91. The van der Waals surface area contributed by atoms with Gasteiger partial charge in [0.2, 0.25) is 5.88 Å². The second-order valence-electron chi connectivity index (χ2n) is 5.55. The molecule has 0 aliphatic rings. The SMILES string of the molecule is COc1c(NC(=O)c2cn(C)nc2C(F)F)cnn1-c1c(F)cc(F)cc1F. The highest BCUT2D eigenvalue weighted by molar-refractivity contribution is 6.05. The van der Waals surface area contributed by atoms with Crippen LogP contribution in [0.25, 0.3) is 5.69 Å². The maximum Gasteiger partial charge on any atom is 0.282 e. The number of anilines is 1. The number of hydrogen-bond donors (Lipinski definition) is 1. The molecule has 1 aromatic carbocycles. The van der Waals surface area contributed by atoms with Crippen LogP contribution < -0.4 is 10.1 Å². The van der Waals surface area contributed by atoms with Crippen LogP contribution in [0.1, 0.15) is 22.5 Å². The number of methoxy groups -OCH3 is 1. The maximum atomic E-state index is 14.0. The number of alkyl halides is 2. The lowest BCUT2D eigenvalue weighted by molar-refractivity contribution is 0.101. The third-order valence-electron chi connectivity index (χ3n) is 3.67. The predicted octanol–water partition coefficient (Wildman–Crippen LogP) is 3.22. The van der Waals surface area contributed by atoms with Crippen LogP contribution in [0.3, 0.4) is 0 Å². The van der Waals surface area contributed by atoms with E-state index in [1.54, 1.807) is 0 Å². The number of hydrogen-bond acceptors (Lipinski definition) is 4. The normalized spacial score (nSPS) is 11.1. The van der Waals surface area contributed by atoms with E-state index in [2.05, 4.69) is 15.5 Å². The molecule has 0 atom stereocenters. The lowest BCUT2D eigenvalue weighted by Crippen LogP contribution is -2.14. The van der Waals surface area contributed by atoms with Gasteiger partial charge >= 0.3 is 0 Å². The Morgan fingerprint density at radius 2 is 1.86 bits per heavy atom. The van der Waals surface area contributed by atoms with Gasteiger partial charge in [-0.15, -0.1) is 0 Å². The van der Waals surface area contributed by atoms with Crippen molar-refractivity contribution in [3.63, 3.8) is 0 Å². The molecule has 12 heteroatoms. The number of nitrogens with one attached hydrogen (secondary N) is 1. The van der Waals surface area contributed by atoms with E-state index in [4.69, 9.17) is 4.74 Å². The van der Waals surface area contributed by atoms with Crippen LogP contribution in [-0.2, 0) is 7.05 Å². The van der Waals surface area contributed by atoms with E-state index in [1.165, 1.54) is 7.05 Å². The van der Waals surface area contributed by atoms with Gasteiger partial charge in [0.1, 0.15) is 22.9 Å². The van der Waals surface area contributed by atoms with Crippen LogP contribution >= 0.6 is 0 Å². The molecule has 0 radical (unpaired) electrons. The number of aromatic nitrogens is 4. The quantitative estimate of drug-likeness (QED) is 0.667. The van der Waals surface area contributed by atoms with E-state index < -0.39 is 46.7 Å². The van der Waals surface area contributed by atoms with E-state index >= 15 is 0 Å². The molecule has 0 fully saturated rings. The number of halogens is 5. The highest BCUT2D eigenvalue weighted by Crippen LogP contribution is 2.31. The van der Waals surface area contributed by atoms with Crippen molar-refractivity contribution >= 4 is 11.6 Å². The van der Waals surface area contributed by atoms with Crippen LogP contribution in [0.5, 0.6) is 5.88 Å². The van der Waals surface area contributed by atoms with Gasteiger partial charge in [-0.25, -0.2) is 22.0 Å². The highest BCUT2D eigenvalue weighted by atomic mass is 19.3. The van der Waals surface area contributed by atoms with Crippen molar-refractivity contribution in [2.24, 2.45) is 7.05 Å². The number of rotatable bonds is 5. The van der Waals surface area contributed by atoms with Gasteiger partial charge in [-0.1, -0.05) is 0 Å². The Morgan fingerprint density at radius 1 is 1.21 bits per heavy atom.